The Morgan fingerprint density at radius 2 is 1.95 bits per heavy atom. The topological polar surface area (TPSA) is 109 Å². The average Bonchev–Trinajstić information content (AvgIpc) is 3.44. The monoisotopic (exact) mass is 602 g/mol. The first-order chi connectivity index (χ1) is 21.2. The van der Waals surface area contributed by atoms with Gasteiger partial charge in [-0.05, 0) is 44.8 Å². The second-order valence-electron chi connectivity index (χ2n) is 12.1. The largest absolute Gasteiger partial charge is 0.476 e. The number of hydrogen-bond acceptors (Lipinski definition) is 9. The van der Waals surface area contributed by atoms with Gasteiger partial charge in [0.05, 0.1) is 48.3 Å². The van der Waals surface area contributed by atoms with Gasteiger partial charge in [0.25, 0.3) is 5.91 Å². The number of nitrogens with zero attached hydrogens (tertiary/aromatic N) is 8. The SMILES string of the molecule is C=C(F)C(=O)N1CCN(c2cc(OC[C@@H]3CCCN3C)nc3c2CCN(c2cncc4c2N(C)C(=O)CC4)C3)C[C@@H]1CC#N. The molecule has 0 N–H and O–H groups in total. The number of nitriles is 1. The van der Waals surface area contributed by atoms with Crippen LogP contribution in [0.15, 0.2) is 30.9 Å². The number of likely N-dealkylation sites (tertiary alicyclic amines) is 1. The molecule has 0 spiro atoms. The lowest BCUT2D eigenvalue weighted by atomic mass is 9.98. The third-order valence-electron chi connectivity index (χ3n) is 9.51. The van der Waals surface area contributed by atoms with Crippen LogP contribution < -0.4 is 19.4 Å². The molecular weight excluding hydrogens is 563 g/mol. The maximum atomic E-state index is 13.8. The molecule has 6 rings (SSSR count). The number of piperazine rings is 1. The van der Waals surface area contributed by atoms with E-state index in [0.29, 0.717) is 64.0 Å². The van der Waals surface area contributed by atoms with Crippen molar-refractivity contribution in [2.24, 2.45) is 0 Å². The third-order valence-corrected chi connectivity index (χ3v) is 9.51. The Balaban J connectivity index is 1.33. The molecule has 0 aliphatic carbocycles. The number of amides is 2. The molecule has 2 atom stereocenters. The van der Waals surface area contributed by atoms with Crippen LogP contribution in [0.2, 0.25) is 0 Å². The van der Waals surface area contributed by atoms with E-state index in [4.69, 9.17) is 9.72 Å². The summed E-state index contributed by atoms with van der Waals surface area (Å²) < 4.78 is 20.2. The average molecular weight is 603 g/mol. The molecule has 12 heteroatoms. The Morgan fingerprint density at radius 1 is 1.11 bits per heavy atom. The van der Waals surface area contributed by atoms with Crippen molar-refractivity contribution < 1.29 is 18.7 Å². The Morgan fingerprint density at radius 3 is 2.70 bits per heavy atom. The summed E-state index contributed by atoms with van der Waals surface area (Å²) in [5.41, 5.74) is 5.84. The van der Waals surface area contributed by atoms with E-state index in [1.807, 2.05) is 25.5 Å². The highest BCUT2D eigenvalue weighted by Crippen LogP contribution is 2.40. The normalized spacial score (nSPS) is 22.0. The third kappa shape index (κ3) is 5.68. The first-order valence-corrected chi connectivity index (χ1v) is 15.4. The molecular formula is C32H39FN8O3. The van der Waals surface area contributed by atoms with E-state index in [0.717, 1.165) is 53.3 Å². The Hall–Kier alpha value is -4.24. The number of carbonyl (C=O) groups is 2. The van der Waals surface area contributed by atoms with Crippen LogP contribution >= 0.6 is 0 Å². The standard InChI is InChI=1S/C32H39FN8O3/c1-21(33)32(43)41-14-13-40(18-23(41)8-10-34)27-15-29(44-20-24-5-4-11-37(24)2)36-26-19-39(12-9-25(26)27)28-17-35-16-22-6-7-30(42)38(3)31(22)28/h15-17,23-24H,1,4-9,11-14,18-20H2,2-3H3/t23-,24-/m0/s1. The summed E-state index contributed by atoms with van der Waals surface area (Å²) in [6.07, 6.45) is 7.84. The van der Waals surface area contributed by atoms with Crippen molar-refractivity contribution in [1.29, 1.82) is 5.26 Å². The molecule has 11 nitrogen and oxygen atoms in total. The number of halogens is 1. The van der Waals surface area contributed by atoms with Gasteiger partial charge in [-0.25, -0.2) is 9.37 Å². The molecule has 2 aromatic rings. The fraction of sp³-hybridized carbons (Fsp3) is 0.531. The van der Waals surface area contributed by atoms with Crippen molar-refractivity contribution >= 4 is 28.9 Å². The Kier molecular flexibility index (Phi) is 8.40. The molecule has 232 valence electrons. The highest BCUT2D eigenvalue weighted by molar-refractivity contribution is 5.99. The zero-order chi connectivity index (χ0) is 31.0. The summed E-state index contributed by atoms with van der Waals surface area (Å²) in [5.74, 6) is -1.14. The van der Waals surface area contributed by atoms with E-state index < -0.39 is 17.8 Å². The van der Waals surface area contributed by atoms with E-state index in [9.17, 15) is 19.2 Å². The van der Waals surface area contributed by atoms with Crippen LogP contribution in [0.25, 0.3) is 0 Å². The van der Waals surface area contributed by atoms with Crippen LogP contribution in [0.4, 0.5) is 21.5 Å². The number of fused-ring (bicyclic) bond motifs is 2. The van der Waals surface area contributed by atoms with Crippen molar-refractivity contribution in [2.45, 2.75) is 57.2 Å². The quantitative estimate of drug-likeness (QED) is 0.442. The molecule has 0 radical (unpaired) electrons. The maximum Gasteiger partial charge on any atom is 0.282 e. The molecule has 0 bridgehead atoms. The summed E-state index contributed by atoms with van der Waals surface area (Å²) in [4.78, 5) is 44.5. The van der Waals surface area contributed by atoms with Gasteiger partial charge in [0.15, 0.2) is 5.83 Å². The number of ether oxygens (including phenoxy) is 1. The van der Waals surface area contributed by atoms with Crippen molar-refractivity contribution in [3.63, 3.8) is 0 Å². The molecule has 4 aliphatic rings. The first kappa shape index (κ1) is 29.8. The van der Waals surface area contributed by atoms with Gasteiger partial charge >= 0.3 is 0 Å². The number of rotatable bonds is 7. The predicted octanol–water partition coefficient (Wildman–Crippen LogP) is 2.84. The molecule has 2 saturated heterocycles. The van der Waals surface area contributed by atoms with Crippen LogP contribution in [0.5, 0.6) is 5.88 Å². The number of aromatic nitrogens is 2. The summed E-state index contributed by atoms with van der Waals surface area (Å²) in [6.45, 7) is 7.14. The van der Waals surface area contributed by atoms with Crippen LogP contribution in [-0.4, -0.2) is 97.1 Å². The smallest absolute Gasteiger partial charge is 0.282 e. The maximum absolute atomic E-state index is 13.8. The van der Waals surface area contributed by atoms with Gasteiger partial charge in [0.2, 0.25) is 11.8 Å². The van der Waals surface area contributed by atoms with Gasteiger partial charge in [-0.1, -0.05) is 6.58 Å². The summed E-state index contributed by atoms with van der Waals surface area (Å²) in [5, 5.41) is 9.51. The Bertz CT molecular complexity index is 1510. The van der Waals surface area contributed by atoms with Crippen LogP contribution in [-0.2, 0) is 29.0 Å². The highest BCUT2D eigenvalue weighted by Gasteiger charge is 2.35. The first-order valence-electron chi connectivity index (χ1n) is 15.4. The van der Waals surface area contributed by atoms with Gasteiger partial charge in [-0.15, -0.1) is 0 Å². The molecule has 4 aliphatic heterocycles. The molecule has 2 fully saturated rings. The number of carbonyl (C=O) groups excluding carboxylic acids is 2. The molecule has 0 saturated carbocycles. The van der Waals surface area contributed by atoms with Gasteiger partial charge < -0.3 is 29.2 Å². The van der Waals surface area contributed by atoms with E-state index in [2.05, 4.69) is 39.4 Å². The van der Waals surface area contributed by atoms with E-state index >= 15 is 0 Å². The van der Waals surface area contributed by atoms with E-state index in [1.54, 1.807) is 4.90 Å². The number of likely N-dealkylation sites (N-methyl/N-ethyl adjacent to an activating group) is 1. The minimum atomic E-state index is -1.01. The second-order valence-corrected chi connectivity index (χ2v) is 12.1. The number of aryl methyl sites for hydroxylation is 1. The summed E-state index contributed by atoms with van der Waals surface area (Å²) in [7, 11) is 3.94. The molecule has 2 amide bonds. The summed E-state index contributed by atoms with van der Waals surface area (Å²) >= 11 is 0. The summed E-state index contributed by atoms with van der Waals surface area (Å²) in [6, 6.07) is 4.00. The predicted molar refractivity (Wildman–Crippen MR) is 164 cm³/mol. The lowest BCUT2D eigenvalue weighted by Gasteiger charge is -2.43. The van der Waals surface area contributed by atoms with Crippen LogP contribution in [0.1, 0.15) is 42.5 Å². The highest BCUT2D eigenvalue weighted by atomic mass is 19.1. The molecule has 2 aromatic heterocycles. The second kappa shape index (κ2) is 12.4. The van der Waals surface area contributed by atoms with Gasteiger partial charge in [0.1, 0.15) is 6.61 Å². The number of hydrogen-bond donors (Lipinski definition) is 0. The fourth-order valence-electron chi connectivity index (χ4n) is 7.03. The lowest BCUT2D eigenvalue weighted by molar-refractivity contribution is -0.131. The molecule has 0 aromatic carbocycles. The van der Waals surface area contributed by atoms with Crippen molar-refractivity contribution in [1.82, 2.24) is 19.8 Å². The van der Waals surface area contributed by atoms with E-state index in [-0.39, 0.29) is 18.9 Å². The zero-order valence-electron chi connectivity index (χ0n) is 25.5. The lowest BCUT2D eigenvalue weighted by Crippen LogP contribution is -2.55. The molecule has 6 heterocycles. The minimum absolute atomic E-state index is 0.0896. The van der Waals surface area contributed by atoms with Crippen molar-refractivity contribution in [2.75, 3.05) is 68.1 Å². The van der Waals surface area contributed by atoms with E-state index in [1.165, 1.54) is 4.90 Å². The molecule has 44 heavy (non-hydrogen) atoms. The van der Waals surface area contributed by atoms with Crippen molar-refractivity contribution in [3.05, 3.63) is 47.7 Å². The minimum Gasteiger partial charge on any atom is -0.476 e. The number of anilines is 3. The van der Waals surface area contributed by atoms with Crippen LogP contribution in [0, 0.1) is 11.3 Å². The van der Waals surface area contributed by atoms with Crippen molar-refractivity contribution in [3.8, 4) is 11.9 Å². The van der Waals surface area contributed by atoms with Gasteiger partial charge in [-0.3, -0.25) is 14.6 Å². The van der Waals surface area contributed by atoms with Gasteiger partial charge in [0, 0.05) is 69.2 Å². The van der Waals surface area contributed by atoms with Crippen LogP contribution in [0.3, 0.4) is 0 Å². The molecule has 0 unspecified atom stereocenters. The number of pyridine rings is 2. The fourth-order valence-corrected chi connectivity index (χ4v) is 7.03. The van der Waals surface area contributed by atoms with Gasteiger partial charge in [-0.2, -0.15) is 5.26 Å². The zero-order valence-corrected chi connectivity index (χ0v) is 25.5. The Labute approximate surface area is 257 Å².